The summed E-state index contributed by atoms with van der Waals surface area (Å²) in [4.78, 5) is 19.6. The lowest BCUT2D eigenvalue weighted by atomic mass is 10.2. The second-order valence-corrected chi connectivity index (χ2v) is 7.20. The number of nitrogens with one attached hydrogen (secondary N) is 2. The molecule has 1 heterocycles. The van der Waals surface area contributed by atoms with Crippen molar-refractivity contribution < 1.29 is 14.3 Å². The number of imidazole rings is 1. The van der Waals surface area contributed by atoms with Crippen LogP contribution in [-0.2, 0) is 4.79 Å². The van der Waals surface area contributed by atoms with Crippen LogP contribution in [0, 0.1) is 0 Å². The van der Waals surface area contributed by atoms with E-state index in [-0.39, 0.29) is 11.7 Å². The molecule has 7 nitrogen and oxygen atoms in total. The van der Waals surface area contributed by atoms with Crippen LogP contribution in [0.4, 0.5) is 0 Å². The molecule has 0 unspecified atom stereocenters. The zero-order valence-electron chi connectivity index (χ0n) is 14.7. The van der Waals surface area contributed by atoms with Crippen molar-refractivity contribution in [1.82, 2.24) is 15.4 Å². The number of hydrazone groups is 1. The van der Waals surface area contributed by atoms with E-state index in [9.17, 15) is 4.79 Å². The fraction of sp³-hybridized carbons (Fsp3) is 0.167. The van der Waals surface area contributed by atoms with E-state index in [2.05, 4.69) is 36.4 Å². The number of aromatic nitrogens is 2. The van der Waals surface area contributed by atoms with E-state index >= 15 is 0 Å². The predicted octanol–water partition coefficient (Wildman–Crippen LogP) is 3.59. The number of carbonyl (C=O) groups is 1. The second-order valence-electron chi connectivity index (χ2n) is 5.38. The standard InChI is InChI=1S/C18H17BrN4O3S/c1-25-15-8-11(7-12(19)17(15)26-2)9-20-23-16(24)10-27-18-21-13-5-3-4-6-14(13)22-18/h3-9H,10H2,1-2H3,(H,21,22)(H,23,24)/b20-9+. The van der Waals surface area contributed by atoms with Crippen molar-refractivity contribution in [1.29, 1.82) is 0 Å². The monoisotopic (exact) mass is 448 g/mol. The molecule has 1 amide bonds. The topological polar surface area (TPSA) is 88.6 Å². The average Bonchev–Trinajstić information content (AvgIpc) is 3.09. The van der Waals surface area contributed by atoms with Gasteiger partial charge in [-0.05, 0) is 45.8 Å². The Morgan fingerprint density at radius 2 is 2.15 bits per heavy atom. The minimum Gasteiger partial charge on any atom is -0.493 e. The number of H-pyrrole nitrogens is 1. The molecule has 9 heteroatoms. The van der Waals surface area contributed by atoms with Crippen LogP contribution in [0.3, 0.4) is 0 Å². The summed E-state index contributed by atoms with van der Waals surface area (Å²) in [6, 6.07) is 11.3. The van der Waals surface area contributed by atoms with Crippen LogP contribution < -0.4 is 14.9 Å². The first kappa shape index (κ1) is 19.2. The van der Waals surface area contributed by atoms with Crippen LogP contribution in [0.25, 0.3) is 11.0 Å². The highest BCUT2D eigenvalue weighted by molar-refractivity contribution is 9.10. The van der Waals surface area contributed by atoms with E-state index in [4.69, 9.17) is 9.47 Å². The lowest BCUT2D eigenvalue weighted by Crippen LogP contribution is -2.19. The molecule has 0 aliphatic carbocycles. The molecule has 0 aliphatic heterocycles. The van der Waals surface area contributed by atoms with Crippen LogP contribution in [-0.4, -0.2) is 42.1 Å². The number of amides is 1. The van der Waals surface area contributed by atoms with Crippen LogP contribution in [0.1, 0.15) is 5.56 Å². The quantitative estimate of drug-likeness (QED) is 0.327. The Kier molecular flexibility index (Phi) is 6.36. The SMILES string of the molecule is COc1cc(/C=N/NC(=O)CSc2nc3ccccc3[nH]2)cc(Br)c1OC. The van der Waals surface area contributed by atoms with Gasteiger partial charge in [-0.25, -0.2) is 10.4 Å². The molecule has 0 bridgehead atoms. The summed E-state index contributed by atoms with van der Waals surface area (Å²) in [6.45, 7) is 0. The third kappa shape index (κ3) is 4.81. The Bertz CT molecular complexity index is 957. The summed E-state index contributed by atoms with van der Waals surface area (Å²) in [7, 11) is 3.12. The zero-order valence-corrected chi connectivity index (χ0v) is 17.1. The highest BCUT2D eigenvalue weighted by Gasteiger charge is 2.10. The van der Waals surface area contributed by atoms with Crippen molar-refractivity contribution in [2.24, 2.45) is 5.10 Å². The number of aromatic amines is 1. The molecule has 3 aromatic rings. The fourth-order valence-corrected chi connectivity index (χ4v) is 3.65. The van der Waals surface area contributed by atoms with E-state index in [1.54, 1.807) is 20.3 Å². The summed E-state index contributed by atoms with van der Waals surface area (Å²) in [5, 5.41) is 4.68. The van der Waals surface area contributed by atoms with E-state index in [1.807, 2.05) is 30.3 Å². The van der Waals surface area contributed by atoms with Gasteiger partial charge in [-0.2, -0.15) is 5.10 Å². The maximum absolute atomic E-state index is 12.0. The van der Waals surface area contributed by atoms with Gasteiger partial charge in [0.2, 0.25) is 0 Å². The minimum absolute atomic E-state index is 0.201. The molecule has 0 saturated heterocycles. The second kappa shape index (κ2) is 8.92. The maximum atomic E-state index is 12.0. The smallest absolute Gasteiger partial charge is 0.250 e. The number of thioether (sulfide) groups is 1. The highest BCUT2D eigenvalue weighted by atomic mass is 79.9. The maximum Gasteiger partial charge on any atom is 0.250 e. The van der Waals surface area contributed by atoms with Gasteiger partial charge in [0.1, 0.15) is 0 Å². The van der Waals surface area contributed by atoms with Gasteiger partial charge >= 0.3 is 0 Å². The first-order chi connectivity index (χ1) is 13.1. The zero-order chi connectivity index (χ0) is 19.2. The Balaban J connectivity index is 1.56. The minimum atomic E-state index is -0.226. The van der Waals surface area contributed by atoms with E-state index < -0.39 is 0 Å². The number of benzene rings is 2. The normalized spacial score (nSPS) is 11.1. The number of para-hydroxylation sites is 2. The number of carbonyl (C=O) groups excluding carboxylic acids is 1. The molecule has 0 fully saturated rings. The first-order valence-electron chi connectivity index (χ1n) is 7.91. The Morgan fingerprint density at radius 1 is 1.33 bits per heavy atom. The van der Waals surface area contributed by atoms with Gasteiger partial charge in [0.15, 0.2) is 16.7 Å². The molecule has 140 valence electrons. The van der Waals surface area contributed by atoms with Crippen molar-refractivity contribution in [3.63, 3.8) is 0 Å². The summed E-state index contributed by atoms with van der Waals surface area (Å²) in [6.07, 6.45) is 1.54. The predicted molar refractivity (Wildman–Crippen MR) is 110 cm³/mol. The number of halogens is 1. The van der Waals surface area contributed by atoms with Crippen molar-refractivity contribution in [2.75, 3.05) is 20.0 Å². The number of methoxy groups -OCH3 is 2. The lowest BCUT2D eigenvalue weighted by Gasteiger charge is -2.10. The molecule has 0 radical (unpaired) electrons. The van der Waals surface area contributed by atoms with Gasteiger partial charge < -0.3 is 14.5 Å². The third-order valence-electron chi connectivity index (χ3n) is 3.57. The highest BCUT2D eigenvalue weighted by Crippen LogP contribution is 2.35. The number of nitrogens with zero attached hydrogens (tertiary/aromatic N) is 2. The summed E-state index contributed by atoms with van der Waals surface area (Å²) in [5.41, 5.74) is 5.07. The van der Waals surface area contributed by atoms with Crippen LogP contribution in [0.15, 0.2) is 51.1 Å². The Labute approximate surface area is 168 Å². The van der Waals surface area contributed by atoms with Crippen molar-refractivity contribution >= 4 is 50.8 Å². The molecule has 27 heavy (non-hydrogen) atoms. The van der Waals surface area contributed by atoms with Gasteiger partial charge in [0.25, 0.3) is 5.91 Å². The van der Waals surface area contributed by atoms with Gasteiger partial charge in [0, 0.05) is 0 Å². The summed E-state index contributed by atoms with van der Waals surface area (Å²) >= 11 is 4.73. The number of hydrogen-bond donors (Lipinski definition) is 2. The van der Waals surface area contributed by atoms with E-state index in [0.29, 0.717) is 16.7 Å². The fourth-order valence-electron chi connectivity index (χ4n) is 2.36. The Morgan fingerprint density at radius 3 is 2.89 bits per heavy atom. The molecule has 3 rings (SSSR count). The first-order valence-corrected chi connectivity index (χ1v) is 9.69. The molecule has 2 N–H and O–H groups in total. The summed E-state index contributed by atoms with van der Waals surface area (Å²) < 4.78 is 11.3. The van der Waals surface area contributed by atoms with Crippen molar-refractivity contribution in [2.45, 2.75) is 5.16 Å². The molecule has 2 aromatic carbocycles. The van der Waals surface area contributed by atoms with Gasteiger partial charge in [-0.3, -0.25) is 4.79 Å². The van der Waals surface area contributed by atoms with Crippen molar-refractivity contribution in [3.05, 3.63) is 46.4 Å². The largest absolute Gasteiger partial charge is 0.493 e. The van der Waals surface area contributed by atoms with Crippen LogP contribution >= 0.6 is 27.7 Å². The van der Waals surface area contributed by atoms with Crippen molar-refractivity contribution in [3.8, 4) is 11.5 Å². The van der Waals surface area contributed by atoms with Crippen LogP contribution in [0.2, 0.25) is 0 Å². The molecule has 0 saturated carbocycles. The van der Waals surface area contributed by atoms with Gasteiger partial charge in [-0.1, -0.05) is 23.9 Å². The molecular formula is C18H17BrN4O3S. The molecule has 0 aliphatic rings. The molecule has 1 aromatic heterocycles. The number of fused-ring (bicyclic) bond motifs is 1. The van der Waals surface area contributed by atoms with E-state index in [1.165, 1.54) is 18.0 Å². The summed E-state index contributed by atoms with van der Waals surface area (Å²) in [5.74, 6) is 1.14. The Hall–Kier alpha value is -2.52. The van der Waals surface area contributed by atoms with E-state index in [0.717, 1.165) is 21.1 Å². The van der Waals surface area contributed by atoms with Gasteiger partial charge in [-0.15, -0.1) is 0 Å². The van der Waals surface area contributed by atoms with Gasteiger partial charge in [0.05, 0.1) is 41.7 Å². The van der Waals surface area contributed by atoms with Crippen LogP contribution in [0.5, 0.6) is 11.5 Å². The number of hydrogen-bond acceptors (Lipinski definition) is 6. The number of ether oxygens (including phenoxy) is 2. The average molecular weight is 449 g/mol. The molecular weight excluding hydrogens is 432 g/mol. The molecule has 0 spiro atoms. The molecule has 0 atom stereocenters. The third-order valence-corrected chi connectivity index (χ3v) is 5.03. The number of rotatable bonds is 7. The lowest BCUT2D eigenvalue weighted by molar-refractivity contribution is -0.118.